The highest BCUT2D eigenvalue weighted by molar-refractivity contribution is 5.43. The fourth-order valence-corrected chi connectivity index (χ4v) is 3.02. The first-order valence-electron chi connectivity index (χ1n) is 7.15. The molecule has 2 aromatic rings. The number of rotatable bonds is 4. The fraction of sp³-hybridized carbons (Fsp3) is 0.438. The van der Waals surface area contributed by atoms with Crippen LogP contribution in [0.4, 0.5) is 0 Å². The summed E-state index contributed by atoms with van der Waals surface area (Å²) in [6.45, 7) is 1.01. The average molecular weight is 271 g/mol. The minimum atomic E-state index is 0.394. The van der Waals surface area contributed by atoms with Crippen LogP contribution in [0.3, 0.4) is 0 Å². The monoisotopic (exact) mass is 271 g/mol. The molecule has 0 radical (unpaired) electrons. The van der Waals surface area contributed by atoms with Gasteiger partial charge in [-0.1, -0.05) is 12.1 Å². The van der Waals surface area contributed by atoms with E-state index in [1.165, 1.54) is 11.1 Å². The largest absolute Gasteiger partial charge is 0.496 e. The van der Waals surface area contributed by atoms with Crippen LogP contribution in [0.25, 0.3) is 0 Å². The number of nitrogens with zero attached hydrogens (tertiary/aromatic N) is 2. The summed E-state index contributed by atoms with van der Waals surface area (Å²) in [6.07, 6.45) is 6.95. The number of hydrogen-bond donors (Lipinski definition) is 1. The summed E-state index contributed by atoms with van der Waals surface area (Å²) in [5.74, 6) is 2.16. The Balaban J connectivity index is 1.78. The molecule has 1 atom stereocenters. The number of imidazole rings is 1. The van der Waals surface area contributed by atoms with E-state index < -0.39 is 0 Å². The second kappa shape index (κ2) is 5.67. The van der Waals surface area contributed by atoms with E-state index in [2.05, 4.69) is 33.1 Å². The number of nitrogens with one attached hydrogen (secondary N) is 1. The molecule has 0 bridgehead atoms. The lowest BCUT2D eigenvalue weighted by Crippen LogP contribution is -2.30. The molecule has 1 unspecified atom stereocenters. The van der Waals surface area contributed by atoms with Crippen molar-refractivity contribution < 1.29 is 4.74 Å². The Morgan fingerprint density at radius 2 is 2.35 bits per heavy atom. The standard InChI is InChI=1S/C16H21N3O/c1-19-11-10-18-16(19)7-6-14-12-4-3-5-15(20-2)13(12)8-9-17-14/h3-5,10-11,14,17H,6-9H2,1-2H3. The zero-order chi connectivity index (χ0) is 13.9. The maximum atomic E-state index is 5.49. The van der Waals surface area contributed by atoms with Crippen molar-refractivity contribution >= 4 is 0 Å². The first-order valence-corrected chi connectivity index (χ1v) is 7.15. The zero-order valence-corrected chi connectivity index (χ0v) is 12.1. The van der Waals surface area contributed by atoms with Crippen LogP contribution in [-0.4, -0.2) is 23.2 Å². The number of fused-ring (bicyclic) bond motifs is 1. The van der Waals surface area contributed by atoms with E-state index >= 15 is 0 Å². The van der Waals surface area contributed by atoms with Gasteiger partial charge < -0.3 is 14.6 Å². The van der Waals surface area contributed by atoms with Crippen LogP contribution >= 0.6 is 0 Å². The summed E-state index contributed by atoms with van der Waals surface area (Å²) in [6, 6.07) is 6.75. The lowest BCUT2D eigenvalue weighted by atomic mass is 9.91. The quantitative estimate of drug-likeness (QED) is 0.927. The van der Waals surface area contributed by atoms with Gasteiger partial charge in [-0.15, -0.1) is 0 Å². The minimum Gasteiger partial charge on any atom is -0.496 e. The number of benzene rings is 1. The van der Waals surface area contributed by atoms with Crippen molar-refractivity contribution in [3.8, 4) is 5.75 Å². The second-order valence-corrected chi connectivity index (χ2v) is 5.28. The van der Waals surface area contributed by atoms with Gasteiger partial charge in [-0.3, -0.25) is 0 Å². The molecule has 1 aliphatic heterocycles. The molecule has 0 saturated carbocycles. The molecule has 4 nitrogen and oxygen atoms in total. The van der Waals surface area contributed by atoms with Gasteiger partial charge in [-0.2, -0.15) is 0 Å². The van der Waals surface area contributed by atoms with E-state index in [-0.39, 0.29) is 0 Å². The van der Waals surface area contributed by atoms with Crippen LogP contribution in [0.2, 0.25) is 0 Å². The highest BCUT2D eigenvalue weighted by atomic mass is 16.5. The van der Waals surface area contributed by atoms with Crippen LogP contribution in [0.5, 0.6) is 5.75 Å². The number of aromatic nitrogens is 2. The van der Waals surface area contributed by atoms with Gasteiger partial charge in [0.25, 0.3) is 0 Å². The van der Waals surface area contributed by atoms with Gasteiger partial charge in [0.05, 0.1) is 7.11 Å². The lowest BCUT2D eigenvalue weighted by Gasteiger charge is -2.28. The second-order valence-electron chi connectivity index (χ2n) is 5.28. The van der Waals surface area contributed by atoms with E-state index in [0.29, 0.717) is 6.04 Å². The molecule has 1 aliphatic rings. The van der Waals surface area contributed by atoms with Gasteiger partial charge in [0.1, 0.15) is 11.6 Å². The molecule has 0 fully saturated rings. The van der Waals surface area contributed by atoms with Crippen molar-refractivity contribution in [1.82, 2.24) is 14.9 Å². The average Bonchev–Trinajstić information content (AvgIpc) is 2.89. The number of methoxy groups -OCH3 is 1. The van der Waals surface area contributed by atoms with E-state index in [1.54, 1.807) is 7.11 Å². The number of ether oxygens (including phenoxy) is 1. The van der Waals surface area contributed by atoms with Crippen LogP contribution in [0.1, 0.15) is 29.4 Å². The molecule has 2 heterocycles. The van der Waals surface area contributed by atoms with E-state index in [4.69, 9.17) is 4.74 Å². The smallest absolute Gasteiger partial charge is 0.122 e. The molecule has 1 N–H and O–H groups in total. The third kappa shape index (κ3) is 2.43. The zero-order valence-electron chi connectivity index (χ0n) is 12.1. The molecule has 0 amide bonds. The van der Waals surface area contributed by atoms with Crippen LogP contribution in [0.15, 0.2) is 30.6 Å². The van der Waals surface area contributed by atoms with E-state index in [9.17, 15) is 0 Å². The Labute approximate surface area is 119 Å². The molecule has 3 rings (SSSR count). The first kappa shape index (κ1) is 13.2. The molecule has 1 aromatic carbocycles. The molecule has 0 saturated heterocycles. The predicted octanol–water partition coefficient (Wildman–Crippen LogP) is 2.25. The number of aryl methyl sites for hydroxylation is 2. The Morgan fingerprint density at radius 3 is 3.10 bits per heavy atom. The molecule has 0 aliphatic carbocycles. The summed E-state index contributed by atoms with van der Waals surface area (Å²) in [7, 11) is 3.80. The first-order chi connectivity index (χ1) is 9.79. The molecule has 106 valence electrons. The maximum Gasteiger partial charge on any atom is 0.122 e. The molecule has 20 heavy (non-hydrogen) atoms. The van der Waals surface area contributed by atoms with Crippen molar-refractivity contribution in [2.75, 3.05) is 13.7 Å². The normalized spacial score (nSPS) is 17.8. The van der Waals surface area contributed by atoms with E-state index in [0.717, 1.165) is 37.4 Å². The highest BCUT2D eigenvalue weighted by Crippen LogP contribution is 2.32. The minimum absolute atomic E-state index is 0.394. The van der Waals surface area contributed by atoms with Gasteiger partial charge in [0.2, 0.25) is 0 Å². The van der Waals surface area contributed by atoms with E-state index in [1.807, 2.05) is 19.4 Å². The van der Waals surface area contributed by atoms with Gasteiger partial charge >= 0.3 is 0 Å². The van der Waals surface area contributed by atoms with Crippen molar-refractivity contribution in [2.24, 2.45) is 7.05 Å². The van der Waals surface area contributed by atoms with Gasteiger partial charge in [0, 0.05) is 37.5 Å². The molecule has 4 heteroatoms. The summed E-state index contributed by atoms with van der Waals surface area (Å²) in [5.41, 5.74) is 2.74. The summed E-state index contributed by atoms with van der Waals surface area (Å²) < 4.78 is 7.58. The van der Waals surface area contributed by atoms with Crippen molar-refractivity contribution in [2.45, 2.75) is 25.3 Å². The summed E-state index contributed by atoms with van der Waals surface area (Å²) in [5, 5.41) is 3.62. The molecular weight excluding hydrogens is 250 g/mol. The SMILES string of the molecule is COc1cccc2c1CCNC2CCc1nccn1C. The van der Waals surface area contributed by atoms with Crippen LogP contribution in [-0.2, 0) is 19.9 Å². The number of hydrogen-bond acceptors (Lipinski definition) is 3. The van der Waals surface area contributed by atoms with Gasteiger partial charge in [-0.25, -0.2) is 4.98 Å². The summed E-state index contributed by atoms with van der Waals surface area (Å²) in [4.78, 5) is 4.40. The van der Waals surface area contributed by atoms with Crippen molar-refractivity contribution in [3.05, 3.63) is 47.5 Å². The Bertz CT molecular complexity index is 591. The summed E-state index contributed by atoms with van der Waals surface area (Å²) >= 11 is 0. The Morgan fingerprint density at radius 1 is 1.45 bits per heavy atom. The van der Waals surface area contributed by atoms with Gasteiger partial charge in [-0.05, 0) is 31.0 Å². The molecule has 0 spiro atoms. The van der Waals surface area contributed by atoms with Crippen molar-refractivity contribution in [1.29, 1.82) is 0 Å². The third-order valence-electron chi connectivity index (χ3n) is 4.11. The van der Waals surface area contributed by atoms with Crippen molar-refractivity contribution in [3.63, 3.8) is 0 Å². The maximum absolute atomic E-state index is 5.49. The predicted molar refractivity (Wildman–Crippen MR) is 79.0 cm³/mol. The molecule has 1 aromatic heterocycles. The topological polar surface area (TPSA) is 39.1 Å². The van der Waals surface area contributed by atoms with Crippen LogP contribution < -0.4 is 10.1 Å². The lowest BCUT2D eigenvalue weighted by molar-refractivity contribution is 0.397. The fourth-order valence-electron chi connectivity index (χ4n) is 3.02. The Kier molecular flexibility index (Phi) is 3.74. The highest BCUT2D eigenvalue weighted by Gasteiger charge is 2.22. The third-order valence-corrected chi connectivity index (χ3v) is 4.11. The molecular formula is C16H21N3O. The Hall–Kier alpha value is -1.81. The van der Waals surface area contributed by atoms with Crippen LogP contribution in [0, 0.1) is 0 Å². The van der Waals surface area contributed by atoms with Gasteiger partial charge in [0.15, 0.2) is 0 Å².